The Morgan fingerprint density at radius 2 is 1.96 bits per heavy atom. The standard InChI is InChI=1S/C18H25N7O/c1-18(2,11-26)24-15-13-9-21-25(3)16(13)23-17(22-15)20-10-14(19)12-7-5-4-6-8-12/h4-9,14,26H,10-11,19H2,1-3H3,(H2,20,22,23,24). The maximum Gasteiger partial charge on any atom is 0.226 e. The molecule has 26 heavy (non-hydrogen) atoms. The first-order chi connectivity index (χ1) is 12.4. The van der Waals surface area contributed by atoms with Crippen LogP contribution in [0.2, 0.25) is 0 Å². The van der Waals surface area contributed by atoms with Gasteiger partial charge in [-0.15, -0.1) is 0 Å². The van der Waals surface area contributed by atoms with Gasteiger partial charge < -0.3 is 21.5 Å². The van der Waals surface area contributed by atoms with Crippen LogP contribution in [0.3, 0.4) is 0 Å². The molecule has 0 aliphatic heterocycles. The largest absolute Gasteiger partial charge is 0.394 e. The lowest BCUT2D eigenvalue weighted by Crippen LogP contribution is -2.35. The summed E-state index contributed by atoms with van der Waals surface area (Å²) in [6, 6.07) is 9.71. The minimum Gasteiger partial charge on any atom is -0.394 e. The molecule has 3 rings (SSSR count). The van der Waals surface area contributed by atoms with Gasteiger partial charge in [-0.1, -0.05) is 30.3 Å². The fraction of sp³-hybridized carbons (Fsp3) is 0.389. The van der Waals surface area contributed by atoms with E-state index in [4.69, 9.17) is 5.73 Å². The summed E-state index contributed by atoms with van der Waals surface area (Å²) in [5, 5.41) is 21.1. The van der Waals surface area contributed by atoms with Gasteiger partial charge in [0.25, 0.3) is 0 Å². The number of hydrogen-bond acceptors (Lipinski definition) is 7. The van der Waals surface area contributed by atoms with Crippen LogP contribution in [-0.2, 0) is 7.05 Å². The Bertz CT molecular complexity index is 876. The zero-order chi connectivity index (χ0) is 18.7. The molecule has 1 aromatic carbocycles. The van der Waals surface area contributed by atoms with Crippen LogP contribution in [0.15, 0.2) is 36.5 Å². The lowest BCUT2D eigenvalue weighted by Gasteiger charge is -2.24. The van der Waals surface area contributed by atoms with Gasteiger partial charge in [0, 0.05) is 19.6 Å². The molecule has 0 aliphatic rings. The summed E-state index contributed by atoms with van der Waals surface area (Å²) in [6.07, 6.45) is 1.71. The maximum atomic E-state index is 9.55. The molecule has 0 amide bonds. The van der Waals surface area contributed by atoms with Crippen LogP contribution in [0.25, 0.3) is 11.0 Å². The number of benzene rings is 1. The zero-order valence-electron chi connectivity index (χ0n) is 15.3. The molecule has 138 valence electrons. The fourth-order valence-electron chi connectivity index (χ4n) is 2.58. The van der Waals surface area contributed by atoms with E-state index in [9.17, 15) is 5.11 Å². The van der Waals surface area contributed by atoms with Crippen LogP contribution in [0.5, 0.6) is 0 Å². The Hall–Kier alpha value is -2.71. The number of nitrogens with one attached hydrogen (secondary N) is 2. The molecule has 0 fully saturated rings. The summed E-state index contributed by atoms with van der Waals surface area (Å²) < 4.78 is 1.69. The molecule has 0 radical (unpaired) electrons. The van der Waals surface area contributed by atoms with Crippen molar-refractivity contribution < 1.29 is 5.11 Å². The normalized spacial score (nSPS) is 13.0. The number of rotatable bonds is 7. The third-order valence-electron chi connectivity index (χ3n) is 4.15. The lowest BCUT2D eigenvalue weighted by molar-refractivity contribution is 0.234. The topological polar surface area (TPSA) is 114 Å². The average molecular weight is 355 g/mol. The highest BCUT2D eigenvalue weighted by atomic mass is 16.3. The third-order valence-corrected chi connectivity index (χ3v) is 4.15. The van der Waals surface area contributed by atoms with Crippen molar-refractivity contribution in [2.45, 2.75) is 25.4 Å². The number of aromatic nitrogens is 4. The number of fused-ring (bicyclic) bond motifs is 1. The van der Waals surface area contributed by atoms with E-state index in [1.54, 1.807) is 10.9 Å². The summed E-state index contributed by atoms with van der Waals surface area (Å²) in [6.45, 7) is 4.27. The highest BCUT2D eigenvalue weighted by Gasteiger charge is 2.20. The molecular weight excluding hydrogens is 330 g/mol. The van der Waals surface area contributed by atoms with E-state index < -0.39 is 5.54 Å². The van der Waals surface area contributed by atoms with Gasteiger partial charge in [0.05, 0.1) is 23.7 Å². The van der Waals surface area contributed by atoms with Crippen LogP contribution in [0.1, 0.15) is 25.5 Å². The number of aliphatic hydroxyl groups excluding tert-OH is 1. The number of nitrogens with zero attached hydrogens (tertiary/aromatic N) is 4. The predicted octanol–water partition coefficient (Wildman–Crippen LogP) is 1.66. The molecule has 0 saturated carbocycles. The minimum absolute atomic E-state index is 0.0274. The molecule has 2 heterocycles. The Morgan fingerprint density at radius 1 is 1.23 bits per heavy atom. The van der Waals surface area contributed by atoms with E-state index in [-0.39, 0.29) is 12.6 Å². The fourth-order valence-corrected chi connectivity index (χ4v) is 2.58. The van der Waals surface area contributed by atoms with Crippen molar-refractivity contribution in [1.29, 1.82) is 0 Å². The Balaban J connectivity index is 1.85. The minimum atomic E-state index is -0.519. The summed E-state index contributed by atoms with van der Waals surface area (Å²) in [4.78, 5) is 9.10. The Kier molecular flexibility index (Phi) is 5.06. The van der Waals surface area contributed by atoms with Crippen LogP contribution >= 0.6 is 0 Å². The van der Waals surface area contributed by atoms with E-state index in [0.717, 1.165) is 10.9 Å². The zero-order valence-corrected chi connectivity index (χ0v) is 15.3. The second-order valence-electron chi connectivity index (χ2n) is 6.97. The predicted molar refractivity (Wildman–Crippen MR) is 103 cm³/mol. The molecule has 0 bridgehead atoms. The average Bonchev–Trinajstić information content (AvgIpc) is 3.01. The first-order valence-electron chi connectivity index (χ1n) is 8.53. The van der Waals surface area contributed by atoms with Crippen molar-refractivity contribution in [1.82, 2.24) is 19.7 Å². The number of nitrogens with two attached hydrogens (primary N) is 1. The maximum absolute atomic E-state index is 9.55. The van der Waals surface area contributed by atoms with Gasteiger partial charge in [0.2, 0.25) is 5.95 Å². The van der Waals surface area contributed by atoms with Crippen LogP contribution in [-0.4, -0.2) is 43.5 Å². The summed E-state index contributed by atoms with van der Waals surface area (Å²) >= 11 is 0. The molecule has 3 aromatic rings. The second kappa shape index (κ2) is 7.27. The van der Waals surface area contributed by atoms with Crippen molar-refractivity contribution in [2.75, 3.05) is 23.8 Å². The van der Waals surface area contributed by atoms with Gasteiger partial charge in [-0.05, 0) is 19.4 Å². The van der Waals surface area contributed by atoms with Crippen LogP contribution < -0.4 is 16.4 Å². The van der Waals surface area contributed by atoms with Gasteiger partial charge in [-0.2, -0.15) is 15.1 Å². The summed E-state index contributed by atoms with van der Waals surface area (Å²) in [5.41, 5.74) is 7.47. The number of anilines is 2. The van der Waals surface area contributed by atoms with Gasteiger partial charge in [-0.25, -0.2) is 0 Å². The van der Waals surface area contributed by atoms with E-state index in [0.29, 0.717) is 24.0 Å². The molecule has 8 heteroatoms. The lowest BCUT2D eigenvalue weighted by atomic mass is 10.1. The molecule has 0 spiro atoms. The van der Waals surface area contributed by atoms with Crippen molar-refractivity contribution in [2.24, 2.45) is 12.8 Å². The Morgan fingerprint density at radius 3 is 2.65 bits per heavy atom. The molecule has 1 unspecified atom stereocenters. The van der Waals surface area contributed by atoms with Gasteiger partial charge in [0.1, 0.15) is 5.82 Å². The van der Waals surface area contributed by atoms with E-state index in [1.165, 1.54) is 0 Å². The molecule has 0 saturated heterocycles. The van der Waals surface area contributed by atoms with Crippen molar-refractivity contribution in [3.63, 3.8) is 0 Å². The molecular formula is C18H25N7O. The molecule has 5 N–H and O–H groups in total. The first kappa shape index (κ1) is 18.1. The highest BCUT2D eigenvalue weighted by molar-refractivity contribution is 5.87. The summed E-state index contributed by atoms with van der Waals surface area (Å²) in [7, 11) is 1.83. The van der Waals surface area contributed by atoms with Crippen molar-refractivity contribution in [3.8, 4) is 0 Å². The van der Waals surface area contributed by atoms with Crippen molar-refractivity contribution in [3.05, 3.63) is 42.1 Å². The van der Waals surface area contributed by atoms with E-state index in [1.807, 2.05) is 51.2 Å². The smallest absolute Gasteiger partial charge is 0.226 e. The van der Waals surface area contributed by atoms with E-state index in [2.05, 4.69) is 25.7 Å². The molecule has 0 aliphatic carbocycles. The summed E-state index contributed by atoms with van der Waals surface area (Å²) in [5.74, 6) is 1.08. The Labute approximate surface area is 152 Å². The highest BCUT2D eigenvalue weighted by Crippen LogP contribution is 2.24. The van der Waals surface area contributed by atoms with Gasteiger partial charge in [0.15, 0.2) is 5.65 Å². The van der Waals surface area contributed by atoms with Gasteiger partial charge in [-0.3, -0.25) is 4.68 Å². The molecule has 1 atom stereocenters. The number of hydrogen-bond donors (Lipinski definition) is 4. The number of aryl methyl sites for hydroxylation is 1. The third kappa shape index (κ3) is 3.92. The number of aliphatic hydroxyl groups is 1. The molecule has 8 nitrogen and oxygen atoms in total. The van der Waals surface area contributed by atoms with Crippen molar-refractivity contribution >= 4 is 22.8 Å². The van der Waals surface area contributed by atoms with Gasteiger partial charge >= 0.3 is 0 Å². The molecule has 2 aromatic heterocycles. The van der Waals surface area contributed by atoms with Crippen LogP contribution in [0, 0.1) is 0 Å². The van der Waals surface area contributed by atoms with E-state index >= 15 is 0 Å². The monoisotopic (exact) mass is 355 g/mol. The first-order valence-corrected chi connectivity index (χ1v) is 8.53. The SMILES string of the molecule is Cn1ncc2c(NC(C)(C)CO)nc(NCC(N)c3ccccc3)nc21. The van der Waals surface area contributed by atoms with Crippen LogP contribution in [0.4, 0.5) is 11.8 Å². The second-order valence-corrected chi connectivity index (χ2v) is 6.97. The quantitative estimate of drug-likeness (QED) is 0.509.